The summed E-state index contributed by atoms with van der Waals surface area (Å²) in [5.41, 5.74) is 0. The summed E-state index contributed by atoms with van der Waals surface area (Å²) in [6.07, 6.45) is 80.3. The van der Waals surface area contributed by atoms with E-state index in [-0.39, 0.29) is 12.5 Å². The first-order valence-corrected chi connectivity index (χ1v) is 27.9. The van der Waals surface area contributed by atoms with E-state index >= 15 is 0 Å². The molecule has 1 amide bonds. The number of aliphatic hydroxyl groups excluding tert-OH is 1. The van der Waals surface area contributed by atoms with Gasteiger partial charge in [-0.15, -0.1) is 0 Å². The summed E-state index contributed by atoms with van der Waals surface area (Å²) < 4.78 is 23.1. The van der Waals surface area contributed by atoms with Crippen molar-refractivity contribution in [3.63, 3.8) is 0 Å². The van der Waals surface area contributed by atoms with Crippen molar-refractivity contribution < 1.29 is 32.9 Å². The molecule has 9 heteroatoms. The van der Waals surface area contributed by atoms with Crippen LogP contribution in [0.3, 0.4) is 0 Å². The van der Waals surface area contributed by atoms with Crippen molar-refractivity contribution in [3.8, 4) is 0 Å². The molecule has 0 spiro atoms. The summed E-state index contributed by atoms with van der Waals surface area (Å²) >= 11 is 0. The first-order chi connectivity index (χ1) is 34.0. The van der Waals surface area contributed by atoms with Crippen LogP contribution >= 0.6 is 7.82 Å². The number of amides is 1. The highest BCUT2D eigenvalue weighted by Gasteiger charge is 2.23. The molecular formula is C61H97N2O6P. The lowest BCUT2D eigenvalue weighted by Crippen LogP contribution is -2.45. The van der Waals surface area contributed by atoms with Crippen molar-refractivity contribution in [2.75, 3.05) is 40.9 Å². The average molecular weight is 985 g/mol. The van der Waals surface area contributed by atoms with E-state index in [1.54, 1.807) is 6.08 Å². The van der Waals surface area contributed by atoms with Gasteiger partial charge in [0.05, 0.1) is 39.9 Å². The highest BCUT2D eigenvalue weighted by molar-refractivity contribution is 7.45. The molecule has 0 aromatic rings. The number of nitrogens with zero attached hydrogens (tertiary/aromatic N) is 1. The number of unbranched alkanes of at least 4 members (excludes halogenated alkanes) is 7. The quantitative estimate of drug-likeness (QED) is 0.0272. The normalized spacial score (nSPS) is 15.4. The average Bonchev–Trinajstić information content (AvgIpc) is 3.32. The van der Waals surface area contributed by atoms with Crippen molar-refractivity contribution in [2.24, 2.45) is 0 Å². The number of likely N-dealkylation sites (N-methyl/N-ethyl adjacent to an activating group) is 1. The van der Waals surface area contributed by atoms with Gasteiger partial charge in [0.25, 0.3) is 7.82 Å². The van der Waals surface area contributed by atoms with E-state index in [9.17, 15) is 19.4 Å². The maximum atomic E-state index is 12.9. The standard InChI is InChI=1S/C61H97N2O6P/c1-6-8-10-12-14-16-17-18-19-20-21-22-23-24-25-26-27-28-29-30-31-32-33-34-35-36-37-38-39-40-41-42-43-44-45-47-49-51-53-55-61(65)62-59(58-69-70(66,67)68-57-56-63(3,4)5)60(64)54-52-50-48-46-15-13-11-9-7-2/h7-10,14-16,18-19,21-22,24-25,27-28,30-31,33-34,36-37,39-40,42-43,46,52,54,59-60,64H,6,11-13,17,20,23,26,29,32,35,38,41,44-45,47-51,53,55-58H2,1-5H3,(H-,62,65,66,67)/b9-7+,10-8-,16-14-,19-18-,22-21-,25-24-,28-27-,31-30-,34-33-,37-36-,40-39-,43-42-,46-15+,54-52+. The van der Waals surface area contributed by atoms with E-state index in [1.165, 1.54) is 0 Å². The van der Waals surface area contributed by atoms with Crippen LogP contribution in [0.2, 0.25) is 0 Å². The number of allylic oxidation sites excluding steroid dienone is 27. The van der Waals surface area contributed by atoms with Gasteiger partial charge in [-0.25, -0.2) is 0 Å². The Bertz CT molecular complexity index is 1730. The molecule has 3 atom stereocenters. The lowest BCUT2D eigenvalue weighted by atomic mass is 10.1. The Hall–Kier alpha value is -4.14. The van der Waals surface area contributed by atoms with Gasteiger partial charge >= 0.3 is 0 Å². The summed E-state index contributed by atoms with van der Waals surface area (Å²) in [4.78, 5) is 25.3. The first-order valence-electron chi connectivity index (χ1n) is 26.5. The molecule has 70 heavy (non-hydrogen) atoms. The van der Waals surface area contributed by atoms with Crippen molar-refractivity contribution in [2.45, 2.75) is 167 Å². The number of phosphoric ester groups is 1. The van der Waals surface area contributed by atoms with Gasteiger partial charge in [-0.3, -0.25) is 9.36 Å². The molecule has 0 saturated carbocycles. The van der Waals surface area contributed by atoms with Crippen LogP contribution in [0, 0.1) is 0 Å². The van der Waals surface area contributed by atoms with Crippen LogP contribution in [0.1, 0.15) is 155 Å². The monoisotopic (exact) mass is 985 g/mol. The fourth-order valence-electron chi connectivity index (χ4n) is 6.37. The lowest BCUT2D eigenvalue weighted by Gasteiger charge is -2.29. The van der Waals surface area contributed by atoms with Crippen LogP contribution < -0.4 is 10.2 Å². The predicted octanol–water partition coefficient (Wildman–Crippen LogP) is 15.4. The van der Waals surface area contributed by atoms with Crippen LogP contribution in [0.15, 0.2) is 170 Å². The highest BCUT2D eigenvalue weighted by atomic mass is 31.2. The van der Waals surface area contributed by atoms with E-state index in [2.05, 4.69) is 164 Å². The van der Waals surface area contributed by atoms with Crippen LogP contribution in [0.4, 0.5) is 0 Å². The molecule has 2 N–H and O–H groups in total. The van der Waals surface area contributed by atoms with Gasteiger partial charge in [0.1, 0.15) is 13.2 Å². The van der Waals surface area contributed by atoms with Gasteiger partial charge in [-0.1, -0.05) is 196 Å². The molecule has 3 unspecified atom stereocenters. The number of rotatable bonds is 45. The van der Waals surface area contributed by atoms with E-state index < -0.39 is 26.6 Å². The molecule has 0 aromatic carbocycles. The van der Waals surface area contributed by atoms with Gasteiger partial charge < -0.3 is 28.8 Å². The molecule has 0 fully saturated rings. The maximum Gasteiger partial charge on any atom is 0.268 e. The lowest BCUT2D eigenvalue weighted by molar-refractivity contribution is -0.870. The molecule has 0 saturated heterocycles. The molecule has 0 aliphatic rings. The van der Waals surface area contributed by atoms with E-state index in [1.807, 2.05) is 40.2 Å². The molecule has 0 aliphatic heterocycles. The fraction of sp³-hybridized carbons (Fsp3) is 0.525. The zero-order chi connectivity index (χ0) is 51.3. The number of nitrogens with one attached hydrogen (secondary N) is 1. The predicted molar refractivity (Wildman–Crippen MR) is 301 cm³/mol. The SMILES string of the molecule is C/C=C/CC/C=C/CC/C=C/C(O)C(COP(=O)([O-])OCC[N+](C)(C)C)NC(=O)CCCCCCC/C=C\C/C=C\C/C=C\C/C=C\C/C=C\C/C=C\C/C=C\C/C=C\C/C=C\C/C=C\C/C=C\CC. The second-order valence-electron chi connectivity index (χ2n) is 18.1. The van der Waals surface area contributed by atoms with E-state index in [4.69, 9.17) is 9.05 Å². The summed E-state index contributed by atoms with van der Waals surface area (Å²) in [5, 5.41) is 13.7. The molecule has 0 aliphatic carbocycles. The fourth-order valence-corrected chi connectivity index (χ4v) is 7.09. The van der Waals surface area contributed by atoms with Crippen LogP contribution in [0.25, 0.3) is 0 Å². The van der Waals surface area contributed by atoms with Crippen LogP contribution in [-0.2, 0) is 18.4 Å². The third-order valence-corrected chi connectivity index (χ3v) is 11.4. The number of hydrogen-bond acceptors (Lipinski definition) is 6. The Balaban J connectivity index is 4.16. The number of hydrogen-bond donors (Lipinski definition) is 2. The minimum Gasteiger partial charge on any atom is -0.756 e. The van der Waals surface area contributed by atoms with Gasteiger partial charge in [-0.2, -0.15) is 0 Å². The smallest absolute Gasteiger partial charge is 0.268 e. The van der Waals surface area contributed by atoms with E-state index in [0.29, 0.717) is 23.9 Å². The van der Waals surface area contributed by atoms with Crippen molar-refractivity contribution >= 4 is 13.7 Å². The largest absolute Gasteiger partial charge is 0.756 e. The minimum absolute atomic E-state index is 0.0234. The molecule has 8 nitrogen and oxygen atoms in total. The number of carbonyl (C=O) groups is 1. The Labute approximate surface area is 428 Å². The molecule has 0 radical (unpaired) electrons. The zero-order valence-corrected chi connectivity index (χ0v) is 45.3. The second-order valence-corrected chi connectivity index (χ2v) is 19.5. The Kier molecular flexibility index (Phi) is 46.9. The summed E-state index contributed by atoms with van der Waals surface area (Å²) in [5.74, 6) is -0.243. The van der Waals surface area contributed by atoms with Gasteiger partial charge in [0.2, 0.25) is 5.91 Å². The topological polar surface area (TPSA) is 108 Å². The Morgan fingerprint density at radius 2 is 0.900 bits per heavy atom. The zero-order valence-electron chi connectivity index (χ0n) is 44.4. The Morgan fingerprint density at radius 1 is 0.529 bits per heavy atom. The van der Waals surface area contributed by atoms with Crippen molar-refractivity contribution in [3.05, 3.63) is 170 Å². The minimum atomic E-state index is -4.61. The first kappa shape index (κ1) is 65.9. The number of quaternary nitrogens is 1. The molecule has 0 bridgehead atoms. The van der Waals surface area contributed by atoms with Gasteiger partial charge in [-0.05, 0) is 122 Å². The summed E-state index contributed by atoms with van der Waals surface area (Å²) in [6, 6.07) is -0.931. The van der Waals surface area contributed by atoms with Gasteiger partial charge in [0, 0.05) is 6.42 Å². The number of carbonyl (C=O) groups excluding carboxylic acids is 1. The molecule has 0 aromatic heterocycles. The molecular weight excluding hydrogens is 888 g/mol. The van der Waals surface area contributed by atoms with Crippen molar-refractivity contribution in [1.82, 2.24) is 5.32 Å². The maximum absolute atomic E-state index is 12.9. The number of phosphoric acid groups is 1. The Morgan fingerprint density at radius 3 is 1.33 bits per heavy atom. The molecule has 0 rings (SSSR count). The highest BCUT2D eigenvalue weighted by Crippen LogP contribution is 2.38. The van der Waals surface area contributed by atoms with Gasteiger partial charge in [0.15, 0.2) is 0 Å². The second kappa shape index (κ2) is 49.8. The molecule has 392 valence electrons. The van der Waals surface area contributed by atoms with E-state index in [0.717, 1.165) is 128 Å². The number of aliphatic hydroxyl groups is 1. The van der Waals surface area contributed by atoms with Crippen LogP contribution in [-0.4, -0.2) is 68.5 Å². The van der Waals surface area contributed by atoms with Crippen LogP contribution in [0.5, 0.6) is 0 Å². The van der Waals surface area contributed by atoms with Crippen molar-refractivity contribution in [1.29, 1.82) is 0 Å². The summed E-state index contributed by atoms with van der Waals surface area (Å²) in [7, 11) is 1.19. The third-order valence-electron chi connectivity index (χ3n) is 10.5. The summed E-state index contributed by atoms with van der Waals surface area (Å²) in [6.45, 7) is 4.20. The molecule has 0 heterocycles. The third kappa shape index (κ3) is 51.7.